The first-order valence-electron chi connectivity index (χ1n) is 8.01. The van der Waals surface area contributed by atoms with E-state index in [0.717, 1.165) is 12.8 Å². The highest BCUT2D eigenvalue weighted by Gasteiger charge is 2.14. The number of aliphatic hydroxyl groups is 1. The van der Waals surface area contributed by atoms with Crippen molar-refractivity contribution in [2.24, 2.45) is 0 Å². The van der Waals surface area contributed by atoms with Gasteiger partial charge in [0.2, 0.25) is 0 Å². The summed E-state index contributed by atoms with van der Waals surface area (Å²) in [5, 5.41) is 8.92. The summed E-state index contributed by atoms with van der Waals surface area (Å²) in [4.78, 5) is 0. The summed E-state index contributed by atoms with van der Waals surface area (Å²) in [5.41, 5.74) is 0. The van der Waals surface area contributed by atoms with Crippen LogP contribution >= 0.6 is 0 Å². The predicted octanol–water partition coefficient (Wildman–Crippen LogP) is 3.93. The molecule has 3 unspecified atom stereocenters. The third-order valence-electron chi connectivity index (χ3n) is 3.31. The summed E-state index contributed by atoms with van der Waals surface area (Å²) in [6.45, 7) is 9.03. The molecule has 0 amide bonds. The molecular formula is C16H34O3. The maximum atomic E-state index is 8.92. The van der Waals surface area contributed by atoms with Gasteiger partial charge in [-0.2, -0.15) is 0 Å². The van der Waals surface area contributed by atoms with Gasteiger partial charge in [-0.25, -0.2) is 0 Å². The molecular weight excluding hydrogens is 240 g/mol. The number of ether oxygens (including phenoxy) is 2. The van der Waals surface area contributed by atoms with Crippen molar-refractivity contribution >= 4 is 0 Å². The average Bonchev–Trinajstić information content (AvgIpc) is 2.42. The van der Waals surface area contributed by atoms with Crippen LogP contribution in [0.3, 0.4) is 0 Å². The van der Waals surface area contributed by atoms with E-state index in [4.69, 9.17) is 14.6 Å². The van der Waals surface area contributed by atoms with Gasteiger partial charge in [-0.15, -0.1) is 0 Å². The third-order valence-corrected chi connectivity index (χ3v) is 3.31. The standard InChI is InChI=1S/C16H34O3/c1-5-7-9-11-16(10-8-6-2)19-15(4)13-18-14(3)12-17/h14-17H,5-13H2,1-4H3. The van der Waals surface area contributed by atoms with E-state index in [1.807, 2.05) is 6.92 Å². The van der Waals surface area contributed by atoms with Gasteiger partial charge in [0.05, 0.1) is 31.5 Å². The first-order chi connectivity index (χ1) is 9.13. The maximum absolute atomic E-state index is 8.92. The number of unbranched alkanes of at least 4 members (excludes halogenated alkanes) is 3. The molecule has 0 aromatic rings. The third kappa shape index (κ3) is 11.4. The normalized spacial score (nSPS) is 16.3. The molecule has 1 N–H and O–H groups in total. The van der Waals surface area contributed by atoms with Crippen LogP contribution in [0, 0.1) is 0 Å². The zero-order valence-electron chi connectivity index (χ0n) is 13.4. The average molecular weight is 274 g/mol. The van der Waals surface area contributed by atoms with Crippen LogP contribution in [0.15, 0.2) is 0 Å². The van der Waals surface area contributed by atoms with Gasteiger partial charge in [0.25, 0.3) is 0 Å². The Bertz CT molecular complexity index is 185. The van der Waals surface area contributed by atoms with Crippen molar-refractivity contribution in [2.45, 2.75) is 91.0 Å². The van der Waals surface area contributed by atoms with Crippen molar-refractivity contribution in [1.29, 1.82) is 0 Å². The van der Waals surface area contributed by atoms with Crippen molar-refractivity contribution < 1.29 is 14.6 Å². The van der Waals surface area contributed by atoms with Crippen molar-refractivity contribution in [1.82, 2.24) is 0 Å². The fourth-order valence-electron chi connectivity index (χ4n) is 2.05. The van der Waals surface area contributed by atoms with Crippen LogP contribution in [0.25, 0.3) is 0 Å². The molecule has 0 spiro atoms. The number of hydrogen-bond donors (Lipinski definition) is 1. The Balaban J connectivity index is 3.91. The molecule has 19 heavy (non-hydrogen) atoms. The van der Waals surface area contributed by atoms with Crippen molar-refractivity contribution in [2.75, 3.05) is 13.2 Å². The van der Waals surface area contributed by atoms with Gasteiger partial charge in [0.15, 0.2) is 0 Å². The molecule has 0 aliphatic rings. The van der Waals surface area contributed by atoms with Crippen molar-refractivity contribution in [3.8, 4) is 0 Å². The Kier molecular flexibility index (Phi) is 12.8. The molecule has 0 heterocycles. The Morgan fingerprint density at radius 2 is 1.53 bits per heavy atom. The number of aliphatic hydroxyl groups excluding tert-OH is 1. The summed E-state index contributed by atoms with van der Waals surface area (Å²) in [6.07, 6.45) is 8.95. The van der Waals surface area contributed by atoms with Crippen LogP contribution in [0.4, 0.5) is 0 Å². The van der Waals surface area contributed by atoms with Crippen molar-refractivity contribution in [3.05, 3.63) is 0 Å². The van der Waals surface area contributed by atoms with E-state index >= 15 is 0 Å². The van der Waals surface area contributed by atoms with Crippen LogP contribution in [-0.4, -0.2) is 36.6 Å². The summed E-state index contributed by atoms with van der Waals surface area (Å²) in [6, 6.07) is 0. The van der Waals surface area contributed by atoms with Crippen LogP contribution in [0.2, 0.25) is 0 Å². The highest BCUT2D eigenvalue weighted by Crippen LogP contribution is 2.15. The van der Waals surface area contributed by atoms with Crippen molar-refractivity contribution in [3.63, 3.8) is 0 Å². The highest BCUT2D eigenvalue weighted by atomic mass is 16.5. The monoisotopic (exact) mass is 274 g/mol. The second-order valence-electron chi connectivity index (χ2n) is 5.53. The Morgan fingerprint density at radius 1 is 0.895 bits per heavy atom. The molecule has 116 valence electrons. The molecule has 0 rings (SSSR count). The summed E-state index contributed by atoms with van der Waals surface area (Å²) in [5.74, 6) is 0. The summed E-state index contributed by atoms with van der Waals surface area (Å²) >= 11 is 0. The summed E-state index contributed by atoms with van der Waals surface area (Å²) in [7, 11) is 0. The Labute approximate surface area is 119 Å². The van der Waals surface area contributed by atoms with E-state index < -0.39 is 0 Å². The molecule has 3 atom stereocenters. The second kappa shape index (κ2) is 12.9. The SMILES string of the molecule is CCCCCC(CCCC)OC(C)COC(C)CO. The molecule has 0 saturated heterocycles. The van der Waals surface area contributed by atoms with E-state index in [0.29, 0.717) is 12.7 Å². The van der Waals surface area contributed by atoms with Gasteiger partial charge in [-0.05, 0) is 26.7 Å². The molecule has 0 radical (unpaired) electrons. The van der Waals surface area contributed by atoms with Gasteiger partial charge in [-0.1, -0.05) is 46.0 Å². The van der Waals surface area contributed by atoms with E-state index in [2.05, 4.69) is 20.8 Å². The van der Waals surface area contributed by atoms with Gasteiger partial charge in [0.1, 0.15) is 0 Å². The lowest BCUT2D eigenvalue weighted by molar-refractivity contribution is -0.0769. The van der Waals surface area contributed by atoms with Gasteiger partial charge >= 0.3 is 0 Å². The molecule has 0 aliphatic heterocycles. The van der Waals surface area contributed by atoms with Crippen LogP contribution in [0.1, 0.15) is 72.6 Å². The van der Waals surface area contributed by atoms with E-state index in [1.165, 1.54) is 32.1 Å². The van der Waals surface area contributed by atoms with E-state index in [1.54, 1.807) is 0 Å². The molecule has 3 nitrogen and oxygen atoms in total. The smallest absolute Gasteiger partial charge is 0.0784 e. The van der Waals surface area contributed by atoms with E-state index in [9.17, 15) is 0 Å². The summed E-state index contributed by atoms with van der Waals surface area (Å²) < 4.78 is 11.6. The molecule has 0 fully saturated rings. The highest BCUT2D eigenvalue weighted by molar-refractivity contribution is 4.62. The molecule has 0 saturated carbocycles. The largest absolute Gasteiger partial charge is 0.394 e. The first kappa shape index (κ1) is 18.9. The predicted molar refractivity (Wildman–Crippen MR) is 80.5 cm³/mol. The van der Waals surface area contributed by atoms with Gasteiger partial charge < -0.3 is 14.6 Å². The molecule has 0 aromatic carbocycles. The van der Waals surface area contributed by atoms with Crippen LogP contribution in [0.5, 0.6) is 0 Å². The van der Waals surface area contributed by atoms with Gasteiger partial charge in [-0.3, -0.25) is 0 Å². The first-order valence-corrected chi connectivity index (χ1v) is 8.01. The lowest BCUT2D eigenvalue weighted by Gasteiger charge is -2.23. The Morgan fingerprint density at radius 3 is 2.11 bits per heavy atom. The maximum Gasteiger partial charge on any atom is 0.0784 e. The second-order valence-corrected chi connectivity index (χ2v) is 5.53. The van der Waals surface area contributed by atoms with Crippen LogP contribution in [-0.2, 0) is 9.47 Å². The van der Waals surface area contributed by atoms with E-state index in [-0.39, 0.29) is 18.8 Å². The molecule has 3 heteroatoms. The fraction of sp³-hybridized carbons (Fsp3) is 1.00. The molecule has 0 aromatic heterocycles. The molecule has 0 aliphatic carbocycles. The quantitative estimate of drug-likeness (QED) is 0.517. The van der Waals surface area contributed by atoms with Crippen LogP contribution < -0.4 is 0 Å². The number of hydrogen-bond acceptors (Lipinski definition) is 3. The van der Waals surface area contributed by atoms with Gasteiger partial charge in [0, 0.05) is 0 Å². The Hall–Kier alpha value is -0.120. The molecule has 0 bridgehead atoms. The lowest BCUT2D eigenvalue weighted by Crippen LogP contribution is -2.27. The zero-order valence-corrected chi connectivity index (χ0v) is 13.4. The topological polar surface area (TPSA) is 38.7 Å². The fourth-order valence-corrected chi connectivity index (χ4v) is 2.05. The number of rotatable bonds is 13. The zero-order chi connectivity index (χ0) is 14.5. The minimum absolute atomic E-state index is 0.0719. The lowest BCUT2D eigenvalue weighted by atomic mass is 10.1. The minimum atomic E-state index is -0.0970. The minimum Gasteiger partial charge on any atom is -0.394 e.